The molecule has 0 radical (unpaired) electrons. The average Bonchev–Trinajstić information content (AvgIpc) is 2.65. The Balaban J connectivity index is 2.63. The summed E-state index contributed by atoms with van der Waals surface area (Å²) in [5, 5.41) is 2.63. The third-order valence-corrected chi connectivity index (χ3v) is 3.32. The normalized spacial score (nSPS) is 11.8. The van der Waals surface area contributed by atoms with E-state index < -0.39 is 0 Å². The molecule has 0 amide bonds. The van der Waals surface area contributed by atoms with E-state index in [2.05, 4.69) is 60.7 Å². The molecule has 0 atom stereocenters. The molecule has 3 aromatic rings. The van der Waals surface area contributed by atoms with Gasteiger partial charge in [-0.2, -0.15) is 0 Å². The van der Waals surface area contributed by atoms with Crippen LogP contribution in [0.5, 0.6) is 0 Å². The number of aryl methyl sites for hydroxylation is 1. The summed E-state index contributed by atoms with van der Waals surface area (Å²) in [6.07, 6.45) is 1.90. The molecular weight excluding hydrogens is 208 g/mol. The average molecular weight is 224 g/mol. The first-order valence-corrected chi connectivity index (χ1v) is 6.04. The fourth-order valence-corrected chi connectivity index (χ4v) is 2.65. The summed E-state index contributed by atoms with van der Waals surface area (Å²) in [4.78, 5) is 4.42. The molecule has 0 saturated carbocycles. The van der Waals surface area contributed by atoms with Gasteiger partial charge in [-0.05, 0) is 32.9 Å². The van der Waals surface area contributed by atoms with Gasteiger partial charge in [0.15, 0.2) is 0 Å². The first kappa shape index (κ1) is 10.3. The van der Waals surface area contributed by atoms with E-state index in [-0.39, 0.29) is 0 Å². The van der Waals surface area contributed by atoms with Crippen LogP contribution in [-0.2, 0) is 0 Å². The summed E-state index contributed by atoms with van der Waals surface area (Å²) >= 11 is 0. The number of rotatable bonds is 1. The summed E-state index contributed by atoms with van der Waals surface area (Å²) in [5.41, 5.74) is 3.67. The Hall–Kier alpha value is -1.83. The van der Waals surface area contributed by atoms with Crippen LogP contribution in [-0.4, -0.2) is 9.55 Å². The van der Waals surface area contributed by atoms with Gasteiger partial charge in [-0.25, -0.2) is 0 Å². The number of pyridine rings is 1. The number of para-hydroxylation sites is 1. The van der Waals surface area contributed by atoms with Crippen LogP contribution in [0.1, 0.15) is 25.6 Å². The zero-order valence-corrected chi connectivity index (χ0v) is 10.4. The molecule has 0 aliphatic rings. The fourth-order valence-electron chi connectivity index (χ4n) is 2.65. The highest BCUT2D eigenvalue weighted by molar-refractivity contribution is 6.08. The van der Waals surface area contributed by atoms with Gasteiger partial charge in [0, 0.05) is 28.5 Å². The van der Waals surface area contributed by atoms with Crippen LogP contribution in [0.2, 0.25) is 0 Å². The molecule has 86 valence electrons. The van der Waals surface area contributed by atoms with E-state index >= 15 is 0 Å². The van der Waals surface area contributed by atoms with Gasteiger partial charge in [0.25, 0.3) is 0 Å². The fraction of sp³-hybridized carbons (Fsp3) is 0.267. The first-order valence-electron chi connectivity index (χ1n) is 6.04. The van der Waals surface area contributed by atoms with E-state index in [0.29, 0.717) is 6.04 Å². The van der Waals surface area contributed by atoms with Gasteiger partial charge in [-0.3, -0.25) is 4.98 Å². The molecule has 2 heterocycles. The van der Waals surface area contributed by atoms with Crippen molar-refractivity contribution in [2.24, 2.45) is 0 Å². The predicted octanol–water partition coefficient (Wildman–Crippen LogP) is 4.08. The van der Waals surface area contributed by atoms with Crippen molar-refractivity contribution in [1.29, 1.82) is 0 Å². The standard InChI is InChI=1S/C15H16N2/c1-10(2)17-14-7-5-4-6-12(14)13-8-9-16-11(3)15(13)17/h4-10H,1-3H3. The molecule has 1 aromatic carbocycles. The maximum Gasteiger partial charge on any atom is 0.0710 e. The predicted molar refractivity (Wildman–Crippen MR) is 72.4 cm³/mol. The van der Waals surface area contributed by atoms with Crippen molar-refractivity contribution < 1.29 is 0 Å². The second kappa shape index (κ2) is 3.59. The third kappa shape index (κ3) is 1.37. The molecule has 2 aromatic heterocycles. The number of benzene rings is 1. The lowest BCUT2D eigenvalue weighted by Gasteiger charge is -2.12. The van der Waals surface area contributed by atoms with Gasteiger partial charge < -0.3 is 4.57 Å². The first-order chi connectivity index (χ1) is 8.20. The lowest BCUT2D eigenvalue weighted by molar-refractivity contribution is 0.640. The Labute approximate surface area is 101 Å². The Morgan fingerprint density at radius 1 is 1.06 bits per heavy atom. The third-order valence-electron chi connectivity index (χ3n) is 3.32. The SMILES string of the molecule is Cc1nccc2c3ccccc3n(C(C)C)c12. The van der Waals surface area contributed by atoms with Crippen molar-refractivity contribution in [3.8, 4) is 0 Å². The van der Waals surface area contributed by atoms with Crippen molar-refractivity contribution in [1.82, 2.24) is 9.55 Å². The van der Waals surface area contributed by atoms with Gasteiger partial charge in [0.1, 0.15) is 0 Å². The topological polar surface area (TPSA) is 17.8 Å². The van der Waals surface area contributed by atoms with Gasteiger partial charge in [0.05, 0.1) is 11.2 Å². The van der Waals surface area contributed by atoms with Gasteiger partial charge in [0.2, 0.25) is 0 Å². The molecule has 0 fully saturated rings. The quantitative estimate of drug-likeness (QED) is 0.609. The molecule has 0 spiro atoms. The van der Waals surface area contributed by atoms with Crippen molar-refractivity contribution >= 4 is 21.8 Å². The molecule has 3 rings (SSSR count). The van der Waals surface area contributed by atoms with Crippen LogP contribution in [0, 0.1) is 6.92 Å². The molecule has 0 bridgehead atoms. The Bertz CT molecular complexity index is 693. The molecule has 2 nitrogen and oxygen atoms in total. The van der Waals surface area contributed by atoms with Crippen LogP contribution >= 0.6 is 0 Å². The van der Waals surface area contributed by atoms with E-state index in [0.717, 1.165) is 5.69 Å². The molecule has 0 aliphatic heterocycles. The van der Waals surface area contributed by atoms with Crippen LogP contribution in [0.4, 0.5) is 0 Å². The number of hydrogen-bond donors (Lipinski definition) is 0. The van der Waals surface area contributed by atoms with E-state index in [1.165, 1.54) is 21.8 Å². The van der Waals surface area contributed by atoms with Gasteiger partial charge in [-0.15, -0.1) is 0 Å². The molecule has 17 heavy (non-hydrogen) atoms. The molecule has 0 unspecified atom stereocenters. The number of nitrogens with zero attached hydrogens (tertiary/aromatic N) is 2. The lowest BCUT2D eigenvalue weighted by Crippen LogP contribution is -2.01. The maximum absolute atomic E-state index is 4.42. The van der Waals surface area contributed by atoms with Crippen LogP contribution in [0.3, 0.4) is 0 Å². The lowest BCUT2D eigenvalue weighted by atomic mass is 10.2. The minimum absolute atomic E-state index is 0.445. The summed E-state index contributed by atoms with van der Waals surface area (Å²) in [6.45, 7) is 6.52. The van der Waals surface area contributed by atoms with Gasteiger partial charge in [-0.1, -0.05) is 18.2 Å². The van der Waals surface area contributed by atoms with E-state index in [4.69, 9.17) is 0 Å². The monoisotopic (exact) mass is 224 g/mol. The summed E-state index contributed by atoms with van der Waals surface area (Å²) < 4.78 is 2.38. The van der Waals surface area contributed by atoms with E-state index in [9.17, 15) is 0 Å². The highest BCUT2D eigenvalue weighted by Gasteiger charge is 2.13. The molecule has 2 heteroatoms. The number of fused-ring (bicyclic) bond motifs is 3. The van der Waals surface area contributed by atoms with Crippen molar-refractivity contribution in [2.45, 2.75) is 26.8 Å². The minimum atomic E-state index is 0.445. The highest BCUT2D eigenvalue weighted by atomic mass is 15.0. The van der Waals surface area contributed by atoms with Crippen LogP contribution < -0.4 is 0 Å². The minimum Gasteiger partial charge on any atom is -0.336 e. The van der Waals surface area contributed by atoms with Crippen molar-refractivity contribution in [3.63, 3.8) is 0 Å². The second-order valence-electron chi connectivity index (χ2n) is 4.77. The Morgan fingerprint density at radius 3 is 2.59 bits per heavy atom. The largest absolute Gasteiger partial charge is 0.336 e. The van der Waals surface area contributed by atoms with Crippen molar-refractivity contribution in [3.05, 3.63) is 42.2 Å². The smallest absolute Gasteiger partial charge is 0.0710 e. The van der Waals surface area contributed by atoms with Crippen LogP contribution in [0.25, 0.3) is 21.8 Å². The molecular formula is C15H16N2. The zero-order chi connectivity index (χ0) is 12.0. The van der Waals surface area contributed by atoms with Gasteiger partial charge >= 0.3 is 0 Å². The highest BCUT2D eigenvalue weighted by Crippen LogP contribution is 2.32. The summed E-state index contributed by atoms with van der Waals surface area (Å²) in [5.74, 6) is 0. The van der Waals surface area contributed by atoms with Crippen LogP contribution in [0.15, 0.2) is 36.5 Å². The van der Waals surface area contributed by atoms with Crippen molar-refractivity contribution in [2.75, 3.05) is 0 Å². The molecule has 0 saturated heterocycles. The van der Waals surface area contributed by atoms with E-state index in [1.54, 1.807) is 0 Å². The Kier molecular flexibility index (Phi) is 2.18. The maximum atomic E-state index is 4.42. The Morgan fingerprint density at radius 2 is 1.82 bits per heavy atom. The number of aromatic nitrogens is 2. The number of hydrogen-bond acceptors (Lipinski definition) is 1. The molecule has 0 N–H and O–H groups in total. The summed E-state index contributed by atoms with van der Waals surface area (Å²) in [7, 11) is 0. The summed E-state index contributed by atoms with van der Waals surface area (Å²) in [6, 6.07) is 11.1. The second-order valence-corrected chi connectivity index (χ2v) is 4.77. The zero-order valence-electron chi connectivity index (χ0n) is 10.4. The molecule has 0 aliphatic carbocycles. The van der Waals surface area contributed by atoms with E-state index in [1.807, 2.05) is 6.20 Å².